The summed E-state index contributed by atoms with van der Waals surface area (Å²) in [5.74, 6) is -2.07. The van der Waals surface area contributed by atoms with E-state index in [0.29, 0.717) is 16.7 Å². The van der Waals surface area contributed by atoms with Crippen LogP contribution >= 0.6 is 0 Å². The van der Waals surface area contributed by atoms with Gasteiger partial charge < -0.3 is 10.2 Å². The van der Waals surface area contributed by atoms with Gasteiger partial charge in [-0.3, -0.25) is 9.59 Å². The molecule has 1 aromatic heterocycles. The zero-order valence-electron chi connectivity index (χ0n) is 12.4. The summed E-state index contributed by atoms with van der Waals surface area (Å²) in [5.41, 5.74) is 0.936. The lowest BCUT2D eigenvalue weighted by Gasteiger charge is -2.06. The van der Waals surface area contributed by atoms with Crippen LogP contribution in [-0.4, -0.2) is 26.9 Å². The quantitative estimate of drug-likeness (QED) is 0.819. The van der Waals surface area contributed by atoms with E-state index in [0.717, 1.165) is 0 Å². The molecular formula is C16H12N2O4. The molecule has 0 amide bonds. The highest BCUT2D eigenvalue weighted by molar-refractivity contribution is 5.98. The molecule has 0 bridgehead atoms. The van der Waals surface area contributed by atoms with Crippen molar-refractivity contribution in [2.45, 2.75) is 12.8 Å². The summed E-state index contributed by atoms with van der Waals surface area (Å²) in [6.07, 6.45) is 0.702. The number of benzene rings is 1. The Bertz CT molecular complexity index is 827. The minimum Gasteiger partial charge on any atom is -0.506 e. The van der Waals surface area contributed by atoms with Crippen LogP contribution in [0.4, 0.5) is 0 Å². The third kappa shape index (κ3) is 3.46. The Labute approximate surface area is 127 Å². The lowest BCUT2D eigenvalue weighted by atomic mass is 10.0. The second kappa shape index (κ2) is 6.50. The molecule has 1 aromatic carbocycles. The smallest absolute Gasteiger partial charge is 0.303 e. The molecular weight excluding hydrogens is 284 g/mol. The predicted octanol–water partition coefficient (Wildman–Crippen LogP) is 2.37. The molecule has 0 unspecified atom stereocenters. The second-order valence-electron chi connectivity index (χ2n) is 4.51. The van der Waals surface area contributed by atoms with Gasteiger partial charge in [0.1, 0.15) is 11.4 Å². The van der Waals surface area contributed by atoms with Crippen LogP contribution in [0.2, 0.25) is 0 Å². The minimum atomic E-state index is -1.11. The summed E-state index contributed by atoms with van der Waals surface area (Å²) in [6.45, 7) is 0. The Morgan fingerprint density at radius 3 is 2.73 bits per heavy atom. The van der Waals surface area contributed by atoms with E-state index in [4.69, 9.17) is 11.7 Å². The molecule has 1 heterocycles. The van der Waals surface area contributed by atoms with Crippen LogP contribution in [0.5, 0.6) is 5.75 Å². The van der Waals surface area contributed by atoms with Crippen molar-refractivity contribution in [2.75, 3.05) is 0 Å². The van der Waals surface area contributed by atoms with Crippen LogP contribution in [0, 0.1) is 11.3 Å². The monoisotopic (exact) mass is 297 g/mol. The molecule has 0 spiro atoms. The number of carboxylic acid groups (broad SMARTS) is 1. The molecule has 2 N–H and O–H groups in total. The topological polar surface area (TPSA) is 111 Å². The fourth-order valence-corrected chi connectivity index (χ4v) is 1.86. The van der Waals surface area contributed by atoms with Gasteiger partial charge in [-0.2, -0.15) is 5.26 Å². The van der Waals surface area contributed by atoms with Crippen molar-refractivity contribution in [3.63, 3.8) is 0 Å². The van der Waals surface area contributed by atoms with E-state index >= 15 is 0 Å². The van der Waals surface area contributed by atoms with Gasteiger partial charge in [-0.15, -0.1) is 0 Å². The number of aromatic hydroxyl groups is 1. The minimum absolute atomic E-state index is 0.148. The molecule has 22 heavy (non-hydrogen) atoms. The molecule has 0 saturated heterocycles. The highest BCUT2D eigenvalue weighted by atomic mass is 16.4. The van der Waals surface area contributed by atoms with Gasteiger partial charge in [-0.25, -0.2) is 4.98 Å². The fraction of sp³-hybridized carbons (Fsp3) is 0.125. The highest BCUT2D eigenvalue weighted by Gasteiger charge is 2.15. The van der Waals surface area contributed by atoms with Crippen molar-refractivity contribution in [1.29, 1.82) is 5.26 Å². The van der Waals surface area contributed by atoms with Gasteiger partial charge in [-0.05, 0) is 23.8 Å². The number of carbonyl (C=O) groups excluding carboxylic acids is 1. The van der Waals surface area contributed by atoms with Crippen molar-refractivity contribution in [3.8, 4) is 22.9 Å². The van der Waals surface area contributed by atoms with E-state index in [-0.39, 0.29) is 30.3 Å². The van der Waals surface area contributed by atoms with Crippen molar-refractivity contribution in [2.24, 2.45) is 0 Å². The summed E-state index contributed by atoms with van der Waals surface area (Å²) in [5, 5.41) is 27.4. The molecule has 0 aliphatic rings. The van der Waals surface area contributed by atoms with E-state index in [2.05, 4.69) is 4.98 Å². The van der Waals surface area contributed by atoms with Crippen molar-refractivity contribution in [3.05, 3.63) is 47.8 Å². The Morgan fingerprint density at radius 2 is 2.09 bits per heavy atom. The van der Waals surface area contributed by atoms with E-state index < -0.39 is 11.8 Å². The zero-order chi connectivity index (χ0) is 17.0. The second-order valence-corrected chi connectivity index (χ2v) is 4.51. The first-order chi connectivity index (χ1) is 10.9. The van der Waals surface area contributed by atoms with Crippen LogP contribution < -0.4 is 0 Å². The molecule has 0 fully saturated rings. The Balaban J connectivity index is 2.35. The number of Topliss-reactive ketones (excluding diaryl/α,β-unsaturated/α-hetero) is 1. The standard InChI is InChI=1S/C16H12N2O4/c17-8-10-2-1-3-11(6-10)12-7-14(20)16(18-9-12)13(19)4-5-15(21)22/h1-3,6-7,9,20H,4-5H2,(H,21,22)/i3D. The molecule has 0 radical (unpaired) electrons. The average molecular weight is 297 g/mol. The first kappa shape index (κ1) is 13.8. The summed E-state index contributed by atoms with van der Waals surface area (Å²) >= 11 is 0. The SMILES string of the molecule is [2H]c1ccc(C#N)cc1-c1cnc(C(=O)CCC(=O)O)c(O)c1. The van der Waals surface area contributed by atoms with Crippen LogP contribution in [0.1, 0.15) is 30.3 Å². The number of aromatic nitrogens is 1. The normalized spacial score (nSPS) is 10.6. The largest absolute Gasteiger partial charge is 0.506 e. The molecule has 6 nitrogen and oxygen atoms in total. The summed E-state index contributed by atoms with van der Waals surface area (Å²) in [4.78, 5) is 26.2. The van der Waals surface area contributed by atoms with Gasteiger partial charge in [0.25, 0.3) is 0 Å². The van der Waals surface area contributed by atoms with E-state index in [9.17, 15) is 14.7 Å². The summed E-state index contributed by atoms with van der Waals surface area (Å²) in [7, 11) is 0. The summed E-state index contributed by atoms with van der Waals surface area (Å²) < 4.78 is 7.85. The molecule has 0 saturated carbocycles. The maximum Gasteiger partial charge on any atom is 0.303 e. The van der Waals surface area contributed by atoms with Gasteiger partial charge in [0.05, 0.1) is 19.4 Å². The third-order valence-electron chi connectivity index (χ3n) is 2.94. The van der Waals surface area contributed by atoms with Crippen LogP contribution in [0.3, 0.4) is 0 Å². The zero-order valence-corrected chi connectivity index (χ0v) is 11.4. The Morgan fingerprint density at radius 1 is 1.32 bits per heavy atom. The number of nitriles is 1. The molecule has 6 heteroatoms. The third-order valence-corrected chi connectivity index (χ3v) is 2.94. The number of carbonyl (C=O) groups is 2. The van der Waals surface area contributed by atoms with E-state index in [1.807, 2.05) is 6.07 Å². The number of nitrogens with zero attached hydrogens (tertiary/aromatic N) is 2. The fourth-order valence-electron chi connectivity index (χ4n) is 1.86. The first-order valence-electron chi connectivity index (χ1n) is 6.87. The van der Waals surface area contributed by atoms with Crippen LogP contribution in [0.25, 0.3) is 11.1 Å². The maximum absolute atomic E-state index is 11.8. The first-order valence-corrected chi connectivity index (χ1v) is 6.37. The average Bonchev–Trinajstić information content (AvgIpc) is 2.53. The van der Waals surface area contributed by atoms with Crippen molar-refractivity contribution < 1.29 is 21.2 Å². The highest BCUT2D eigenvalue weighted by Crippen LogP contribution is 2.26. The van der Waals surface area contributed by atoms with Gasteiger partial charge in [-0.1, -0.05) is 12.1 Å². The molecule has 2 aromatic rings. The van der Waals surface area contributed by atoms with Gasteiger partial charge >= 0.3 is 5.97 Å². The summed E-state index contributed by atoms with van der Waals surface area (Å²) in [6, 6.07) is 7.83. The van der Waals surface area contributed by atoms with Gasteiger partial charge in [0.2, 0.25) is 0 Å². The van der Waals surface area contributed by atoms with Crippen LogP contribution in [0.15, 0.2) is 36.5 Å². The Hall–Kier alpha value is -3.20. The van der Waals surface area contributed by atoms with Crippen molar-refractivity contribution in [1.82, 2.24) is 4.98 Å². The number of hydrogen-bond acceptors (Lipinski definition) is 5. The number of pyridine rings is 1. The molecule has 0 aliphatic heterocycles. The number of rotatable bonds is 5. The number of hydrogen-bond donors (Lipinski definition) is 2. The van der Waals surface area contributed by atoms with Gasteiger partial charge in [0.15, 0.2) is 5.78 Å². The van der Waals surface area contributed by atoms with Crippen LogP contribution in [-0.2, 0) is 4.79 Å². The Kier molecular flexibility index (Phi) is 4.07. The lowest BCUT2D eigenvalue weighted by molar-refractivity contribution is -0.136. The molecule has 2 rings (SSSR count). The van der Waals surface area contributed by atoms with Gasteiger partial charge in [0, 0.05) is 18.2 Å². The molecule has 0 atom stereocenters. The molecule has 0 aliphatic carbocycles. The van der Waals surface area contributed by atoms with Crippen molar-refractivity contribution >= 4 is 11.8 Å². The van der Waals surface area contributed by atoms with E-state index in [1.165, 1.54) is 30.5 Å². The number of carboxylic acids is 1. The lowest BCUT2D eigenvalue weighted by Crippen LogP contribution is -2.06. The molecule has 110 valence electrons. The predicted molar refractivity (Wildman–Crippen MR) is 77.3 cm³/mol. The van der Waals surface area contributed by atoms with E-state index in [1.54, 1.807) is 0 Å². The number of aliphatic carboxylic acids is 1. The number of ketones is 1. The maximum atomic E-state index is 11.8.